The molecule has 0 radical (unpaired) electrons. The van der Waals surface area contributed by atoms with Gasteiger partial charge >= 0.3 is 11.9 Å². The van der Waals surface area contributed by atoms with Gasteiger partial charge in [-0.05, 0) is 82.8 Å². The third-order valence-corrected chi connectivity index (χ3v) is 11.1. The number of quaternary nitrogens is 1. The summed E-state index contributed by atoms with van der Waals surface area (Å²) in [5, 5.41) is 10.2. The van der Waals surface area contributed by atoms with Crippen molar-refractivity contribution < 1.29 is 51.6 Å². The zero-order chi connectivity index (χ0) is 44.5. The number of rotatable bonds is 37. The van der Waals surface area contributed by atoms with E-state index < -0.39 is 38.6 Å². The standard InChI is InChI=1S/C48H82NO10P/c1-8-10-11-12-13-14-17-21-26-32-43(50)33-27-22-20-25-29-35-47(51)55-39-44(40-57-60(53,54)56-38-37-49(5,6)7)58-48(52)36-30-24-19-16-15-18-23-28-34-46-42(4)41(3)45(59-46)31-9-2/h13-14,20-22,26-27,33,43-44,50H,8-12,15-19,23-25,28-32,34-40H2,1-7H3/b14-13-,22-20+,26-21-,33-27-/t43?,44-/m1/s1. The minimum absolute atomic E-state index is 0.0620. The molecule has 1 N–H and O–H groups in total. The maximum absolute atomic E-state index is 12.7. The number of ether oxygens (including phenoxy) is 2. The van der Waals surface area contributed by atoms with Crippen LogP contribution >= 0.6 is 7.82 Å². The summed E-state index contributed by atoms with van der Waals surface area (Å²) in [5.74, 6) is 1.28. The summed E-state index contributed by atoms with van der Waals surface area (Å²) in [4.78, 5) is 37.7. The maximum atomic E-state index is 12.7. The molecule has 3 atom stereocenters. The largest absolute Gasteiger partial charge is 0.756 e. The monoisotopic (exact) mass is 864 g/mol. The van der Waals surface area contributed by atoms with Crippen molar-refractivity contribution in [2.24, 2.45) is 0 Å². The Labute approximate surface area is 363 Å². The lowest BCUT2D eigenvalue weighted by Gasteiger charge is -2.28. The van der Waals surface area contributed by atoms with E-state index in [0.717, 1.165) is 82.1 Å². The number of aliphatic hydroxyl groups is 1. The summed E-state index contributed by atoms with van der Waals surface area (Å²) in [6.45, 7) is 8.23. The molecule has 1 rings (SSSR count). The number of hydrogen-bond acceptors (Lipinski definition) is 10. The third-order valence-electron chi connectivity index (χ3n) is 10.1. The molecule has 0 aliphatic rings. The Hall–Kier alpha value is -2.79. The molecule has 1 aromatic heterocycles. The molecule has 344 valence electrons. The number of phosphoric ester groups is 1. The SMILES string of the molecule is CCCCC/C=C\C/C=C\CC(O)/C=C\C=C\CCCC(=O)OC[C@H](COP(=O)([O-])OCC[N+](C)(C)C)OC(=O)CCCCCCCCCCc1oc(CCC)c(C)c1C. The number of aryl methyl sites for hydroxylation is 2. The van der Waals surface area contributed by atoms with E-state index in [2.05, 4.69) is 45.9 Å². The van der Waals surface area contributed by atoms with Gasteiger partial charge in [0.05, 0.1) is 33.9 Å². The molecule has 0 saturated heterocycles. The molecule has 1 aromatic rings. The van der Waals surface area contributed by atoms with Crippen molar-refractivity contribution >= 4 is 19.8 Å². The fourth-order valence-electron chi connectivity index (χ4n) is 6.24. The average Bonchev–Trinajstić information content (AvgIpc) is 3.45. The van der Waals surface area contributed by atoms with E-state index in [9.17, 15) is 24.2 Å². The van der Waals surface area contributed by atoms with Crippen LogP contribution in [-0.2, 0) is 45.5 Å². The van der Waals surface area contributed by atoms with Gasteiger partial charge in [0, 0.05) is 25.7 Å². The molecule has 2 unspecified atom stereocenters. The first-order chi connectivity index (χ1) is 28.7. The van der Waals surface area contributed by atoms with E-state index in [1.807, 2.05) is 39.4 Å². The molecule has 0 aliphatic heterocycles. The second kappa shape index (κ2) is 33.8. The Morgan fingerprint density at radius 3 is 2.05 bits per heavy atom. The summed E-state index contributed by atoms with van der Waals surface area (Å²) in [7, 11) is 1.06. The molecule has 1 heterocycles. The van der Waals surface area contributed by atoms with Gasteiger partial charge in [0.25, 0.3) is 7.82 Å². The van der Waals surface area contributed by atoms with Gasteiger partial charge in [0.2, 0.25) is 0 Å². The number of phosphoric acid groups is 1. The van der Waals surface area contributed by atoms with Crippen LogP contribution in [0.1, 0.15) is 158 Å². The number of carbonyl (C=O) groups is 2. The minimum atomic E-state index is -4.67. The van der Waals surface area contributed by atoms with Crippen molar-refractivity contribution in [1.82, 2.24) is 0 Å². The number of nitrogens with zero attached hydrogens (tertiary/aromatic N) is 1. The van der Waals surface area contributed by atoms with Crippen LogP contribution < -0.4 is 4.89 Å². The Bertz CT molecular complexity index is 1460. The van der Waals surface area contributed by atoms with Crippen LogP contribution in [0.25, 0.3) is 0 Å². The molecule has 11 nitrogen and oxygen atoms in total. The van der Waals surface area contributed by atoms with Gasteiger partial charge < -0.3 is 37.4 Å². The van der Waals surface area contributed by atoms with E-state index in [0.29, 0.717) is 36.7 Å². The molecule has 0 amide bonds. The zero-order valence-corrected chi connectivity index (χ0v) is 39.4. The highest BCUT2D eigenvalue weighted by Gasteiger charge is 2.22. The van der Waals surface area contributed by atoms with Gasteiger partial charge in [-0.2, -0.15) is 0 Å². The van der Waals surface area contributed by atoms with Gasteiger partial charge in [0.15, 0.2) is 6.10 Å². The molecular formula is C48H82NO10P. The summed E-state index contributed by atoms with van der Waals surface area (Å²) >= 11 is 0. The van der Waals surface area contributed by atoms with Crippen LogP contribution in [0, 0.1) is 13.8 Å². The fraction of sp³-hybridized carbons (Fsp3) is 0.708. The van der Waals surface area contributed by atoms with Gasteiger partial charge in [0.1, 0.15) is 31.3 Å². The third kappa shape index (κ3) is 30.3. The van der Waals surface area contributed by atoms with Crippen LogP contribution in [0.4, 0.5) is 0 Å². The molecule has 0 aromatic carbocycles. The van der Waals surface area contributed by atoms with E-state index in [1.54, 1.807) is 12.2 Å². The molecule has 0 saturated carbocycles. The lowest BCUT2D eigenvalue weighted by molar-refractivity contribution is -0.870. The second-order valence-corrected chi connectivity index (χ2v) is 18.3. The van der Waals surface area contributed by atoms with Crippen LogP contribution in [-0.4, -0.2) is 81.2 Å². The number of esters is 2. The molecule has 0 aliphatic carbocycles. The van der Waals surface area contributed by atoms with Crippen molar-refractivity contribution in [3.8, 4) is 0 Å². The van der Waals surface area contributed by atoms with Crippen LogP contribution in [0.2, 0.25) is 0 Å². The number of furan rings is 1. The Morgan fingerprint density at radius 2 is 1.37 bits per heavy atom. The topological polar surface area (TPSA) is 145 Å². The average molecular weight is 864 g/mol. The van der Waals surface area contributed by atoms with Crippen LogP contribution in [0.5, 0.6) is 0 Å². The predicted octanol–water partition coefficient (Wildman–Crippen LogP) is 10.7. The zero-order valence-electron chi connectivity index (χ0n) is 38.5. The van der Waals surface area contributed by atoms with Crippen LogP contribution in [0.15, 0.2) is 53.0 Å². The fourth-order valence-corrected chi connectivity index (χ4v) is 6.97. The Morgan fingerprint density at radius 1 is 0.733 bits per heavy atom. The second-order valence-electron chi connectivity index (χ2n) is 16.8. The van der Waals surface area contributed by atoms with Gasteiger partial charge in [-0.3, -0.25) is 14.2 Å². The molecule has 60 heavy (non-hydrogen) atoms. The van der Waals surface area contributed by atoms with Gasteiger partial charge in [-0.15, -0.1) is 0 Å². The van der Waals surface area contributed by atoms with Crippen molar-refractivity contribution in [2.75, 3.05) is 47.5 Å². The summed E-state index contributed by atoms with van der Waals surface area (Å²) in [5.41, 5.74) is 2.60. The summed E-state index contributed by atoms with van der Waals surface area (Å²) < 4.78 is 40.0. The van der Waals surface area contributed by atoms with E-state index >= 15 is 0 Å². The van der Waals surface area contributed by atoms with Crippen molar-refractivity contribution in [1.29, 1.82) is 0 Å². The molecule has 12 heteroatoms. The lowest BCUT2D eigenvalue weighted by atomic mass is 10.0. The highest BCUT2D eigenvalue weighted by Crippen LogP contribution is 2.38. The first-order valence-corrected chi connectivity index (χ1v) is 24.3. The van der Waals surface area contributed by atoms with Gasteiger partial charge in [-0.25, -0.2) is 0 Å². The molecule has 0 fully saturated rings. The Kier molecular flexibility index (Phi) is 31.1. The smallest absolute Gasteiger partial charge is 0.306 e. The normalized spacial score (nSPS) is 14.5. The van der Waals surface area contributed by atoms with Crippen molar-refractivity contribution in [3.63, 3.8) is 0 Å². The van der Waals surface area contributed by atoms with Crippen molar-refractivity contribution in [2.45, 2.75) is 175 Å². The molecule has 0 bridgehead atoms. The number of allylic oxidation sites excluding steroid dienone is 6. The van der Waals surface area contributed by atoms with Gasteiger partial charge in [-0.1, -0.05) is 114 Å². The first kappa shape index (κ1) is 55.2. The highest BCUT2D eigenvalue weighted by molar-refractivity contribution is 7.45. The van der Waals surface area contributed by atoms with Crippen molar-refractivity contribution in [3.05, 3.63) is 71.3 Å². The lowest BCUT2D eigenvalue weighted by Crippen LogP contribution is -2.37. The number of hydrogen-bond donors (Lipinski definition) is 1. The van der Waals surface area contributed by atoms with Crippen LogP contribution in [0.3, 0.4) is 0 Å². The number of likely N-dealkylation sites (N-methyl/N-ethyl adjacent to an activating group) is 1. The quantitative estimate of drug-likeness (QED) is 0.0171. The predicted molar refractivity (Wildman–Crippen MR) is 240 cm³/mol. The first-order valence-electron chi connectivity index (χ1n) is 22.8. The number of aliphatic hydroxyl groups excluding tert-OH is 1. The molecular weight excluding hydrogens is 781 g/mol. The summed E-state index contributed by atoms with van der Waals surface area (Å²) in [6.07, 6.45) is 33.0. The van der Waals surface area contributed by atoms with E-state index in [1.165, 1.54) is 36.8 Å². The summed E-state index contributed by atoms with van der Waals surface area (Å²) in [6, 6.07) is 0. The molecule has 0 spiro atoms. The number of unbranched alkanes of at least 4 members (excludes halogenated alkanes) is 11. The number of carbonyl (C=O) groups excluding carboxylic acids is 2. The van der Waals surface area contributed by atoms with E-state index in [-0.39, 0.29) is 26.1 Å². The highest BCUT2D eigenvalue weighted by atomic mass is 31.2. The minimum Gasteiger partial charge on any atom is -0.756 e. The van der Waals surface area contributed by atoms with E-state index in [4.69, 9.17) is 22.9 Å². The maximum Gasteiger partial charge on any atom is 0.306 e. The Balaban J connectivity index is 2.41.